The fourth-order valence-electron chi connectivity index (χ4n) is 2.43. The first-order valence-electron chi connectivity index (χ1n) is 6.71. The van der Waals surface area contributed by atoms with E-state index in [-0.39, 0.29) is 9.92 Å². The minimum atomic E-state index is -3.67. The molecule has 0 aliphatic carbocycles. The van der Waals surface area contributed by atoms with Crippen LogP contribution in [0.4, 0.5) is 11.4 Å². The van der Waals surface area contributed by atoms with E-state index in [4.69, 9.17) is 11.6 Å². The second kappa shape index (κ2) is 5.58. The van der Waals surface area contributed by atoms with Crippen LogP contribution in [0.15, 0.2) is 53.4 Å². The third-order valence-electron chi connectivity index (χ3n) is 3.43. The van der Waals surface area contributed by atoms with Crippen molar-refractivity contribution in [3.8, 4) is 0 Å². The van der Waals surface area contributed by atoms with Crippen LogP contribution in [0, 0.1) is 0 Å². The van der Waals surface area contributed by atoms with Gasteiger partial charge in [0.05, 0.1) is 16.4 Å². The number of fused-ring (bicyclic) bond motifs is 1. The summed E-state index contributed by atoms with van der Waals surface area (Å²) >= 11 is 6.07. The van der Waals surface area contributed by atoms with Crippen LogP contribution >= 0.6 is 11.6 Å². The molecule has 21 heavy (non-hydrogen) atoms. The second-order valence-corrected chi connectivity index (χ2v) is 7.04. The van der Waals surface area contributed by atoms with Crippen molar-refractivity contribution in [3.05, 3.63) is 53.6 Å². The van der Waals surface area contributed by atoms with Crippen molar-refractivity contribution in [1.29, 1.82) is 0 Å². The van der Waals surface area contributed by atoms with E-state index in [1.165, 1.54) is 4.31 Å². The van der Waals surface area contributed by atoms with Gasteiger partial charge in [0.25, 0.3) is 10.0 Å². The number of anilines is 2. The molecular formula is C15H15ClN2O2S. The number of rotatable bonds is 2. The third kappa shape index (κ3) is 2.59. The van der Waals surface area contributed by atoms with Crippen LogP contribution in [0.25, 0.3) is 0 Å². The third-order valence-corrected chi connectivity index (χ3v) is 5.74. The Morgan fingerprint density at radius 1 is 1.05 bits per heavy atom. The number of halogens is 1. The number of nitrogens with zero attached hydrogens (tertiary/aromatic N) is 1. The minimum absolute atomic E-state index is 0.142. The van der Waals surface area contributed by atoms with E-state index < -0.39 is 10.0 Å². The molecule has 0 aromatic heterocycles. The lowest BCUT2D eigenvalue weighted by Crippen LogP contribution is -2.31. The lowest BCUT2D eigenvalue weighted by atomic mass is 10.2. The van der Waals surface area contributed by atoms with Crippen molar-refractivity contribution in [1.82, 2.24) is 0 Å². The van der Waals surface area contributed by atoms with Crippen molar-refractivity contribution < 1.29 is 8.42 Å². The number of benzene rings is 2. The largest absolute Gasteiger partial charge is 0.383 e. The number of para-hydroxylation sites is 2. The maximum atomic E-state index is 12.9. The van der Waals surface area contributed by atoms with Crippen LogP contribution in [0.1, 0.15) is 6.42 Å². The van der Waals surface area contributed by atoms with Gasteiger partial charge >= 0.3 is 0 Å². The fraction of sp³-hybridized carbons (Fsp3) is 0.200. The summed E-state index contributed by atoms with van der Waals surface area (Å²) in [6.45, 7) is 1.17. The van der Waals surface area contributed by atoms with Crippen LogP contribution in [0.2, 0.25) is 5.02 Å². The van der Waals surface area contributed by atoms with Crippen LogP contribution < -0.4 is 9.62 Å². The predicted octanol–water partition coefficient (Wildman–Crippen LogP) is 3.35. The number of sulfonamides is 1. The van der Waals surface area contributed by atoms with Gasteiger partial charge in [0, 0.05) is 13.1 Å². The lowest BCUT2D eigenvalue weighted by molar-refractivity contribution is 0.590. The van der Waals surface area contributed by atoms with Crippen molar-refractivity contribution in [2.75, 3.05) is 22.7 Å². The van der Waals surface area contributed by atoms with E-state index >= 15 is 0 Å². The summed E-state index contributed by atoms with van der Waals surface area (Å²) in [6, 6.07) is 13.9. The molecule has 1 aliphatic heterocycles. The number of nitrogens with one attached hydrogen (secondary N) is 1. The first-order valence-corrected chi connectivity index (χ1v) is 8.53. The van der Waals surface area contributed by atoms with Gasteiger partial charge in [-0.3, -0.25) is 4.31 Å². The smallest absolute Gasteiger partial charge is 0.265 e. The highest BCUT2D eigenvalue weighted by atomic mass is 35.5. The molecule has 2 aromatic rings. The van der Waals surface area contributed by atoms with Crippen molar-refractivity contribution >= 4 is 33.0 Å². The van der Waals surface area contributed by atoms with Gasteiger partial charge in [-0.05, 0) is 30.7 Å². The summed E-state index contributed by atoms with van der Waals surface area (Å²) < 4.78 is 27.3. The van der Waals surface area contributed by atoms with E-state index in [1.54, 1.807) is 24.3 Å². The average molecular weight is 323 g/mol. The Hall–Kier alpha value is -1.72. The summed E-state index contributed by atoms with van der Waals surface area (Å²) in [4.78, 5) is 0.142. The Balaban J connectivity index is 2.13. The molecule has 6 heteroatoms. The highest BCUT2D eigenvalue weighted by Gasteiger charge is 2.29. The van der Waals surface area contributed by atoms with Gasteiger partial charge < -0.3 is 5.32 Å². The normalized spacial score (nSPS) is 15.0. The van der Waals surface area contributed by atoms with Gasteiger partial charge in [-0.2, -0.15) is 0 Å². The highest BCUT2D eigenvalue weighted by Crippen LogP contribution is 2.34. The zero-order valence-corrected chi connectivity index (χ0v) is 12.9. The summed E-state index contributed by atoms with van der Waals surface area (Å²) in [6.07, 6.45) is 0.734. The molecule has 4 nitrogen and oxygen atoms in total. The lowest BCUT2D eigenvalue weighted by Gasteiger charge is -2.24. The molecule has 0 amide bonds. The summed E-state index contributed by atoms with van der Waals surface area (Å²) in [5, 5.41) is 3.50. The number of hydrogen-bond acceptors (Lipinski definition) is 3. The van der Waals surface area contributed by atoms with Gasteiger partial charge in [0.2, 0.25) is 0 Å². The summed E-state index contributed by atoms with van der Waals surface area (Å²) in [5.74, 6) is 0. The SMILES string of the molecule is O=S(=O)(c1ccccc1Cl)N1CCCNc2ccccc21. The van der Waals surface area contributed by atoms with Gasteiger partial charge in [0.15, 0.2) is 0 Å². The van der Waals surface area contributed by atoms with Gasteiger partial charge in [-0.15, -0.1) is 0 Å². The Labute approximate surface area is 129 Å². The van der Waals surface area contributed by atoms with Crippen molar-refractivity contribution in [2.24, 2.45) is 0 Å². The maximum Gasteiger partial charge on any atom is 0.265 e. The second-order valence-electron chi connectivity index (χ2n) is 4.81. The average Bonchev–Trinajstić information content (AvgIpc) is 2.70. The Morgan fingerprint density at radius 2 is 1.76 bits per heavy atom. The topological polar surface area (TPSA) is 49.4 Å². The molecule has 0 atom stereocenters. The molecule has 0 saturated carbocycles. The molecule has 110 valence electrons. The molecule has 0 bridgehead atoms. The summed E-state index contributed by atoms with van der Waals surface area (Å²) in [7, 11) is -3.67. The first kappa shape index (κ1) is 14.2. The zero-order valence-electron chi connectivity index (χ0n) is 11.3. The highest BCUT2D eigenvalue weighted by molar-refractivity contribution is 7.93. The predicted molar refractivity (Wildman–Crippen MR) is 85.5 cm³/mol. The molecule has 1 N–H and O–H groups in total. The van der Waals surface area contributed by atoms with Crippen LogP contribution in [-0.2, 0) is 10.0 Å². The van der Waals surface area contributed by atoms with Crippen molar-refractivity contribution in [3.63, 3.8) is 0 Å². The molecule has 1 heterocycles. The number of hydrogen-bond donors (Lipinski definition) is 1. The molecule has 0 unspecified atom stereocenters. The molecule has 0 saturated heterocycles. The Morgan fingerprint density at radius 3 is 2.57 bits per heavy atom. The Kier molecular flexibility index (Phi) is 3.78. The Bertz CT molecular complexity index is 762. The van der Waals surface area contributed by atoms with Gasteiger partial charge in [-0.25, -0.2) is 8.42 Å². The van der Waals surface area contributed by atoms with E-state index in [0.29, 0.717) is 12.2 Å². The molecule has 3 rings (SSSR count). The summed E-state index contributed by atoms with van der Waals surface area (Å²) in [5.41, 5.74) is 1.49. The molecule has 2 aromatic carbocycles. The minimum Gasteiger partial charge on any atom is -0.383 e. The standard InChI is InChI=1S/C15H15ClN2O2S/c16-12-6-1-4-9-15(12)21(19,20)18-11-5-10-17-13-7-2-3-8-14(13)18/h1-4,6-9,17H,5,10-11H2. The van der Waals surface area contributed by atoms with Crippen molar-refractivity contribution in [2.45, 2.75) is 11.3 Å². The van der Waals surface area contributed by atoms with Crippen LogP contribution in [-0.4, -0.2) is 21.5 Å². The van der Waals surface area contributed by atoms with E-state index in [0.717, 1.165) is 18.7 Å². The molecule has 0 spiro atoms. The van der Waals surface area contributed by atoms with E-state index in [2.05, 4.69) is 5.32 Å². The van der Waals surface area contributed by atoms with E-state index in [9.17, 15) is 8.42 Å². The van der Waals surface area contributed by atoms with Crippen LogP contribution in [0.3, 0.4) is 0 Å². The maximum absolute atomic E-state index is 12.9. The monoisotopic (exact) mass is 322 g/mol. The van der Waals surface area contributed by atoms with Crippen LogP contribution in [0.5, 0.6) is 0 Å². The molecule has 0 radical (unpaired) electrons. The van der Waals surface area contributed by atoms with E-state index in [1.807, 2.05) is 24.3 Å². The molecule has 0 fully saturated rings. The molecular weight excluding hydrogens is 308 g/mol. The quantitative estimate of drug-likeness (QED) is 0.922. The van der Waals surface area contributed by atoms with Gasteiger partial charge in [-0.1, -0.05) is 35.9 Å². The first-order chi connectivity index (χ1) is 10.1. The zero-order chi connectivity index (χ0) is 14.9. The molecule has 1 aliphatic rings. The van der Waals surface area contributed by atoms with Gasteiger partial charge in [0.1, 0.15) is 4.90 Å². The fourth-order valence-corrected chi connectivity index (χ4v) is 4.45.